The minimum Gasteiger partial charge on any atom is -0.460 e. The standard InChI is InChI=1S/C6H2BrF3O2/c7-3-1-4(12-2-3)5(11)6(8,9)10/h1-2H. The summed E-state index contributed by atoms with van der Waals surface area (Å²) in [5.41, 5.74) is 0. The first kappa shape index (κ1) is 9.31. The molecule has 1 aromatic rings. The molecule has 66 valence electrons. The maximum Gasteiger partial charge on any atom is 0.458 e. The van der Waals surface area contributed by atoms with E-state index in [2.05, 4.69) is 20.3 Å². The van der Waals surface area contributed by atoms with Gasteiger partial charge in [0.1, 0.15) is 6.26 Å². The smallest absolute Gasteiger partial charge is 0.458 e. The maximum absolute atomic E-state index is 11.7. The average Bonchev–Trinajstić information content (AvgIpc) is 2.32. The Morgan fingerprint density at radius 1 is 1.50 bits per heavy atom. The van der Waals surface area contributed by atoms with E-state index in [1.54, 1.807) is 0 Å². The molecular weight excluding hydrogens is 241 g/mol. The van der Waals surface area contributed by atoms with E-state index >= 15 is 0 Å². The van der Waals surface area contributed by atoms with Crippen LogP contribution in [-0.4, -0.2) is 12.0 Å². The first-order valence-electron chi connectivity index (χ1n) is 2.77. The van der Waals surface area contributed by atoms with Gasteiger partial charge in [0.05, 0.1) is 4.47 Å². The summed E-state index contributed by atoms with van der Waals surface area (Å²) in [7, 11) is 0. The fourth-order valence-corrected chi connectivity index (χ4v) is 0.873. The summed E-state index contributed by atoms with van der Waals surface area (Å²) in [5.74, 6) is -2.69. The maximum atomic E-state index is 11.7. The second-order valence-corrected chi connectivity index (χ2v) is 2.87. The van der Waals surface area contributed by atoms with Crippen molar-refractivity contribution in [2.75, 3.05) is 0 Å². The van der Waals surface area contributed by atoms with Crippen LogP contribution in [0.4, 0.5) is 13.2 Å². The van der Waals surface area contributed by atoms with Gasteiger partial charge in [-0.05, 0) is 15.9 Å². The lowest BCUT2D eigenvalue weighted by Crippen LogP contribution is -2.21. The molecule has 0 N–H and O–H groups in total. The van der Waals surface area contributed by atoms with Gasteiger partial charge in [0, 0.05) is 6.07 Å². The van der Waals surface area contributed by atoms with Crippen molar-refractivity contribution < 1.29 is 22.4 Å². The van der Waals surface area contributed by atoms with Gasteiger partial charge in [-0.25, -0.2) is 0 Å². The number of alkyl halides is 3. The summed E-state index contributed by atoms with van der Waals surface area (Å²) < 4.78 is 39.8. The molecule has 12 heavy (non-hydrogen) atoms. The molecule has 2 nitrogen and oxygen atoms in total. The lowest BCUT2D eigenvalue weighted by atomic mass is 10.3. The Bertz CT molecular complexity index is 302. The second kappa shape index (κ2) is 2.93. The first-order valence-corrected chi connectivity index (χ1v) is 3.56. The fourth-order valence-electron chi connectivity index (χ4n) is 0.572. The van der Waals surface area contributed by atoms with Gasteiger partial charge in [0.15, 0.2) is 5.76 Å². The fraction of sp³-hybridized carbons (Fsp3) is 0.167. The minimum atomic E-state index is -4.88. The summed E-state index contributed by atoms with van der Waals surface area (Å²) in [5, 5.41) is 0. The molecule has 0 bridgehead atoms. The number of carbonyl (C=O) groups is 1. The number of ketones is 1. The normalized spacial score (nSPS) is 11.7. The van der Waals surface area contributed by atoms with Gasteiger partial charge in [0.25, 0.3) is 0 Å². The third-order valence-electron chi connectivity index (χ3n) is 1.05. The van der Waals surface area contributed by atoms with Crippen LogP contribution in [0.2, 0.25) is 0 Å². The van der Waals surface area contributed by atoms with Crippen LogP contribution in [-0.2, 0) is 0 Å². The molecule has 0 aliphatic carbocycles. The van der Waals surface area contributed by atoms with Crippen molar-refractivity contribution in [3.05, 3.63) is 22.6 Å². The molecule has 1 heterocycles. The molecule has 0 aromatic carbocycles. The van der Waals surface area contributed by atoms with Gasteiger partial charge in [-0.3, -0.25) is 4.79 Å². The molecule has 0 amide bonds. The average molecular weight is 243 g/mol. The van der Waals surface area contributed by atoms with E-state index in [0.29, 0.717) is 4.47 Å². The van der Waals surface area contributed by atoms with Crippen molar-refractivity contribution in [3.8, 4) is 0 Å². The highest BCUT2D eigenvalue weighted by Gasteiger charge is 2.41. The molecule has 0 atom stereocenters. The van der Waals surface area contributed by atoms with Crippen molar-refractivity contribution in [3.63, 3.8) is 0 Å². The van der Waals surface area contributed by atoms with Crippen molar-refractivity contribution >= 4 is 21.7 Å². The number of furan rings is 1. The van der Waals surface area contributed by atoms with Crippen LogP contribution in [0, 0.1) is 0 Å². The van der Waals surface area contributed by atoms with Gasteiger partial charge in [-0.15, -0.1) is 0 Å². The summed E-state index contributed by atoms with van der Waals surface area (Å²) in [6.45, 7) is 0. The number of halogens is 4. The first-order chi connectivity index (χ1) is 5.41. The van der Waals surface area contributed by atoms with Crippen LogP contribution in [0.5, 0.6) is 0 Å². The van der Waals surface area contributed by atoms with Crippen LogP contribution in [0.1, 0.15) is 10.6 Å². The van der Waals surface area contributed by atoms with E-state index in [1.807, 2.05) is 0 Å². The highest BCUT2D eigenvalue weighted by atomic mass is 79.9. The number of Topliss-reactive ketones (excluding diaryl/α,β-unsaturated/α-hetero) is 1. The molecule has 0 unspecified atom stereocenters. The lowest BCUT2D eigenvalue weighted by Gasteiger charge is -1.99. The highest BCUT2D eigenvalue weighted by molar-refractivity contribution is 9.10. The summed E-state index contributed by atoms with van der Waals surface area (Å²) >= 11 is 2.85. The van der Waals surface area contributed by atoms with Crippen LogP contribution < -0.4 is 0 Å². The monoisotopic (exact) mass is 242 g/mol. The lowest BCUT2D eigenvalue weighted by molar-refractivity contribution is -0.0899. The van der Waals surface area contributed by atoms with Crippen molar-refractivity contribution in [1.82, 2.24) is 0 Å². The van der Waals surface area contributed by atoms with E-state index in [0.717, 1.165) is 12.3 Å². The van der Waals surface area contributed by atoms with Gasteiger partial charge >= 0.3 is 12.0 Å². The van der Waals surface area contributed by atoms with Gasteiger partial charge < -0.3 is 4.42 Å². The quantitative estimate of drug-likeness (QED) is 0.710. The molecule has 1 rings (SSSR count). The van der Waals surface area contributed by atoms with Crippen molar-refractivity contribution in [1.29, 1.82) is 0 Å². The van der Waals surface area contributed by atoms with Crippen molar-refractivity contribution in [2.24, 2.45) is 0 Å². The number of hydrogen-bond donors (Lipinski definition) is 0. The Hall–Kier alpha value is -0.780. The Morgan fingerprint density at radius 2 is 2.08 bits per heavy atom. The topological polar surface area (TPSA) is 30.2 Å². The van der Waals surface area contributed by atoms with E-state index < -0.39 is 17.7 Å². The molecule has 0 radical (unpaired) electrons. The largest absolute Gasteiger partial charge is 0.460 e. The van der Waals surface area contributed by atoms with E-state index in [1.165, 1.54) is 0 Å². The minimum absolute atomic E-state index is 0.301. The van der Waals surface area contributed by atoms with Crippen LogP contribution in [0.15, 0.2) is 21.2 Å². The van der Waals surface area contributed by atoms with Gasteiger partial charge in [-0.2, -0.15) is 13.2 Å². The molecule has 6 heteroatoms. The molecule has 0 fully saturated rings. The third-order valence-corrected chi connectivity index (χ3v) is 1.46. The zero-order valence-corrected chi connectivity index (χ0v) is 7.07. The number of rotatable bonds is 1. The predicted octanol–water partition coefficient (Wildman–Crippen LogP) is 2.79. The Balaban J connectivity index is 2.93. The molecular formula is C6H2BrF3O2. The SMILES string of the molecule is O=C(c1cc(Br)co1)C(F)(F)F. The Kier molecular flexibility index (Phi) is 2.27. The number of hydrogen-bond acceptors (Lipinski definition) is 2. The molecule has 0 aliphatic heterocycles. The Labute approximate surface area is 73.5 Å². The Morgan fingerprint density at radius 3 is 2.42 bits per heavy atom. The van der Waals surface area contributed by atoms with E-state index in [-0.39, 0.29) is 0 Å². The third kappa shape index (κ3) is 1.88. The second-order valence-electron chi connectivity index (χ2n) is 1.96. The molecule has 0 saturated heterocycles. The summed E-state index contributed by atoms with van der Waals surface area (Å²) in [4.78, 5) is 10.4. The zero-order valence-electron chi connectivity index (χ0n) is 5.48. The molecule has 0 saturated carbocycles. The zero-order chi connectivity index (χ0) is 9.35. The molecule has 0 aliphatic rings. The van der Waals surface area contributed by atoms with E-state index in [9.17, 15) is 18.0 Å². The van der Waals surface area contributed by atoms with Crippen LogP contribution in [0.3, 0.4) is 0 Å². The van der Waals surface area contributed by atoms with Crippen LogP contribution in [0.25, 0.3) is 0 Å². The summed E-state index contributed by atoms with van der Waals surface area (Å²) in [6.07, 6.45) is -3.86. The van der Waals surface area contributed by atoms with Crippen LogP contribution >= 0.6 is 15.9 Å². The van der Waals surface area contributed by atoms with E-state index in [4.69, 9.17) is 0 Å². The molecule has 0 spiro atoms. The van der Waals surface area contributed by atoms with Gasteiger partial charge in [0.2, 0.25) is 0 Å². The molecule has 1 aromatic heterocycles. The van der Waals surface area contributed by atoms with Crippen molar-refractivity contribution in [2.45, 2.75) is 6.18 Å². The summed E-state index contributed by atoms with van der Waals surface area (Å²) in [6, 6.07) is 0.968. The highest BCUT2D eigenvalue weighted by Crippen LogP contribution is 2.24. The van der Waals surface area contributed by atoms with Gasteiger partial charge in [-0.1, -0.05) is 0 Å². The predicted molar refractivity (Wildman–Crippen MR) is 36.8 cm³/mol. The number of carbonyl (C=O) groups excluding carboxylic acids is 1.